The number of halogens is 1. The predicted molar refractivity (Wildman–Crippen MR) is 82.4 cm³/mol. The Balaban J connectivity index is 2.27. The van der Waals surface area contributed by atoms with Crippen molar-refractivity contribution in [3.05, 3.63) is 12.2 Å². The maximum atomic E-state index is 6.02. The minimum atomic E-state index is -1.29. The fourth-order valence-electron chi connectivity index (χ4n) is 2.50. The Morgan fingerprint density at radius 1 is 1.35 bits per heavy atom. The van der Waals surface area contributed by atoms with Crippen LogP contribution in [0.3, 0.4) is 0 Å². The molecule has 2 heterocycles. The summed E-state index contributed by atoms with van der Waals surface area (Å²) in [5, 5.41) is 0.680. The minimum Gasteiger partial charge on any atom is -0.134 e. The average molecular weight is 285 g/mol. The number of fused-ring (bicyclic) bond motifs is 2. The Kier molecular flexibility index (Phi) is 4.02. The van der Waals surface area contributed by atoms with Gasteiger partial charge in [-0.3, -0.25) is 0 Å². The summed E-state index contributed by atoms with van der Waals surface area (Å²) >= 11 is 8.09. The molecule has 0 unspecified atom stereocenters. The summed E-state index contributed by atoms with van der Waals surface area (Å²) in [6, 6.07) is 0. The molecule has 1 fully saturated rings. The van der Waals surface area contributed by atoms with Gasteiger partial charge in [0.2, 0.25) is 0 Å². The Morgan fingerprint density at radius 2 is 2.12 bits per heavy atom. The zero-order chi connectivity index (χ0) is 12.5. The van der Waals surface area contributed by atoms with E-state index in [0.29, 0.717) is 11.2 Å². The van der Waals surface area contributed by atoms with Gasteiger partial charge in [0.25, 0.3) is 0 Å². The van der Waals surface area contributed by atoms with E-state index in [-0.39, 0.29) is 4.75 Å². The smallest absolute Gasteiger partial charge is 0.129 e. The molecule has 0 nitrogen and oxygen atoms in total. The van der Waals surface area contributed by atoms with Gasteiger partial charge in [-0.1, -0.05) is 37.7 Å². The van der Waals surface area contributed by atoms with Crippen molar-refractivity contribution in [2.45, 2.75) is 48.9 Å². The minimum absolute atomic E-state index is 0.125. The van der Waals surface area contributed by atoms with Crippen molar-refractivity contribution in [2.24, 2.45) is 5.92 Å². The number of alkyl halides is 1. The van der Waals surface area contributed by atoms with Crippen molar-refractivity contribution < 1.29 is 0 Å². The molecule has 3 atom stereocenters. The van der Waals surface area contributed by atoms with Crippen LogP contribution in [0.4, 0.5) is 0 Å². The SMILES string of the molecule is C[Si](C)(C)C#C[C@@]1(CCCl)S[C@H]2C=C[C@@H]1CC2. The summed E-state index contributed by atoms with van der Waals surface area (Å²) < 4.78 is 0.125. The predicted octanol–water partition coefficient (Wildman–Crippen LogP) is 4.32. The molecule has 0 aromatic heterocycles. The third kappa shape index (κ3) is 3.13. The summed E-state index contributed by atoms with van der Waals surface area (Å²) in [6.07, 6.45) is 8.43. The molecule has 94 valence electrons. The first-order valence-corrected chi connectivity index (χ1v) is 11.3. The molecule has 2 bridgehead atoms. The summed E-state index contributed by atoms with van der Waals surface area (Å²) in [7, 11) is -1.29. The molecule has 3 aliphatic rings. The van der Waals surface area contributed by atoms with Crippen LogP contribution in [0.15, 0.2) is 12.2 Å². The fourth-order valence-corrected chi connectivity index (χ4v) is 5.26. The second-order valence-corrected chi connectivity index (χ2v) is 12.8. The van der Waals surface area contributed by atoms with E-state index in [2.05, 4.69) is 55.0 Å². The van der Waals surface area contributed by atoms with Gasteiger partial charge >= 0.3 is 0 Å². The molecule has 0 aromatic carbocycles. The van der Waals surface area contributed by atoms with Gasteiger partial charge in [0.05, 0.1) is 4.75 Å². The van der Waals surface area contributed by atoms with E-state index in [1.165, 1.54) is 12.8 Å². The highest BCUT2D eigenvalue weighted by molar-refractivity contribution is 8.01. The Bertz CT molecular complexity index is 374. The van der Waals surface area contributed by atoms with E-state index in [1.807, 2.05) is 0 Å². The van der Waals surface area contributed by atoms with Crippen LogP contribution in [-0.2, 0) is 0 Å². The molecule has 0 saturated carbocycles. The first kappa shape index (κ1) is 13.6. The topological polar surface area (TPSA) is 0 Å². The summed E-state index contributed by atoms with van der Waals surface area (Å²) in [4.78, 5) is 0. The second-order valence-electron chi connectivity index (χ2n) is 6.05. The number of rotatable bonds is 2. The van der Waals surface area contributed by atoms with Crippen molar-refractivity contribution >= 4 is 31.4 Å². The number of hydrogen-bond acceptors (Lipinski definition) is 1. The molecule has 0 aromatic rings. The molecule has 3 rings (SSSR count). The molecule has 0 radical (unpaired) electrons. The average Bonchev–Trinajstić information content (AvgIpc) is 2.28. The lowest BCUT2D eigenvalue weighted by Gasteiger charge is -2.45. The quantitative estimate of drug-likeness (QED) is 0.315. The molecular weight excluding hydrogens is 264 g/mol. The maximum Gasteiger partial charge on any atom is 0.129 e. The Labute approximate surface area is 116 Å². The normalized spacial score (nSPS) is 35.5. The van der Waals surface area contributed by atoms with Crippen molar-refractivity contribution in [1.82, 2.24) is 0 Å². The molecule has 2 aliphatic heterocycles. The van der Waals surface area contributed by atoms with Gasteiger partial charge < -0.3 is 0 Å². The summed E-state index contributed by atoms with van der Waals surface area (Å²) in [5.41, 5.74) is 3.58. The van der Waals surface area contributed by atoms with E-state index in [9.17, 15) is 0 Å². The van der Waals surface area contributed by atoms with Crippen LogP contribution in [0.1, 0.15) is 19.3 Å². The zero-order valence-electron chi connectivity index (χ0n) is 10.9. The molecule has 0 N–H and O–H groups in total. The molecule has 1 saturated heterocycles. The number of hydrogen-bond donors (Lipinski definition) is 0. The largest absolute Gasteiger partial charge is 0.134 e. The van der Waals surface area contributed by atoms with Crippen LogP contribution in [0, 0.1) is 17.4 Å². The molecule has 1 aliphatic carbocycles. The van der Waals surface area contributed by atoms with Gasteiger partial charge in [-0.25, -0.2) is 0 Å². The standard InChI is InChI=1S/C14H21ClSSi/c1-17(2,3)11-9-14(8-10-15)12-4-6-13(16-14)7-5-12/h4,6,12-13H,5,7-8,10H2,1-3H3/t12-,13+,14-/m1/s1. The van der Waals surface area contributed by atoms with E-state index < -0.39 is 8.07 Å². The molecular formula is C14H21ClSSi. The lowest BCUT2D eigenvalue weighted by molar-refractivity contribution is 0.436. The third-order valence-electron chi connectivity index (χ3n) is 3.40. The highest BCUT2D eigenvalue weighted by Crippen LogP contribution is 2.51. The Hall–Kier alpha value is 0.157. The van der Waals surface area contributed by atoms with Crippen LogP contribution in [-0.4, -0.2) is 24.0 Å². The Morgan fingerprint density at radius 3 is 2.53 bits per heavy atom. The lowest BCUT2D eigenvalue weighted by Crippen LogP contribution is -2.42. The van der Waals surface area contributed by atoms with Crippen molar-refractivity contribution in [2.75, 3.05) is 5.88 Å². The first-order valence-electron chi connectivity index (χ1n) is 6.42. The van der Waals surface area contributed by atoms with E-state index in [0.717, 1.165) is 12.3 Å². The van der Waals surface area contributed by atoms with E-state index in [4.69, 9.17) is 11.6 Å². The number of allylic oxidation sites excluding steroid dienone is 1. The zero-order valence-corrected chi connectivity index (χ0v) is 13.5. The van der Waals surface area contributed by atoms with Gasteiger partial charge in [-0.2, -0.15) is 0 Å². The molecule has 0 spiro atoms. The lowest BCUT2D eigenvalue weighted by atomic mass is 9.81. The second kappa shape index (κ2) is 5.03. The molecule has 0 amide bonds. The van der Waals surface area contributed by atoms with Crippen LogP contribution in [0.2, 0.25) is 19.6 Å². The number of thioether (sulfide) groups is 1. The van der Waals surface area contributed by atoms with E-state index in [1.54, 1.807) is 0 Å². The van der Waals surface area contributed by atoms with Crippen molar-refractivity contribution in [3.63, 3.8) is 0 Å². The van der Waals surface area contributed by atoms with Crippen LogP contribution < -0.4 is 0 Å². The summed E-state index contributed by atoms with van der Waals surface area (Å²) in [6.45, 7) is 6.95. The van der Waals surface area contributed by atoms with Crippen LogP contribution in [0.5, 0.6) is 0 Å². The molecule has 17 heavy (non-hydrogen) atoms. The monoisotopic (exact) mass is 284 g/mol. The van der Waals surface area contributed by atoms with Crippen LogP contribution >= 0.6 is 23.4 Å². The fraction of sp³-hybridized carbons (Fsp3) is 0.714. The summed E-state index contributed by atoms with van der Waals surface area (Å²) in [5.74, 6) is 5.00. The highest BCUT2D eigenvalue weighted by Gasteiger charge is 2.44. The third-order valence-corrected chi connectivity index (χ3v) is 6.18. The van der Waals surface area contributed by atoms with Gasteiger partial charge in [0, 0.05) is 17.0 Å². The van der Waals surface area contributed by atoms with E-state index >= 15 is 0 Å². The van der Waals surface area contributed by atoms with Gasteiger partial charge in [-0.05, 0) is 19.3 Å². The van der Waals surface area contributed by atoms with Crippen LogP contribution in [0.25, 0.3) is 0 Å². The van der Waals surface area contributed by atoms with Gasteiger partial charge in [0.15, 0.2) is 0 Å². The maximum absolute atomic E-state index is 6.02. The molecule has 3 heteroatoms. The first-order chi connectivity index (χ1) is 7.95. The van der Waals surface area contributed by atoms with Gasteiger partial charge in [0.1, 0.15) is 8.07 Å². The van der Waals surface area contributed by atoms with Crippen molar-refractivity contribution in [1.29, 1.82) is 0 Å². The van der Waals surface area contributed by atoms with Gasteiger partial charge in [-0.15, -0.1) is 28.9 Å². The van der Waals surface area contributed by atoms with Crippen molar-refractivity contribution in [3.8, 4) is 11.5 Å². The highest BCUT2D eigenvalue weighted by atomic mass is 35.5.